The van der Waals surface area contributed by atoms with Gasteiger partial charge in [0.25, 0.3) is 0 Å². The molecular formula is C49H29N3O2S. The topological polar surface area (TPSA) is 47.3 Å². The predicted molar refractivity (Wildman–Crippen MR) is 229 cm³/mol. The van der Waals surface area contributed by atoms with Crippen molar-refractivity contribution in [1.82, 2.24) is 9.55 Å². The molecule has 258 valence electrons. The molecule has 0 aliphatic carbocycles. The van der Waals surface area contributed by atoms with E-state index in [2.05, 4.69) is 143 Å². The molecule has 8 aromatic carbocycles. The summed E-state index contributed by atoms with van der Waals surface area (Å²) >= 11 is 1.83. The van der Waals surface area contributed by atoms with Gasteiger partial charge in [-0.25, -0.2) is 4.98 Å². The molecule has 0 atom stereocenters. The van der Waals surface area contributed by atoms with Crippen molar-refractivity contribution in [3.05, 3.63) is 176 Å². The van der Waals surface area contributed by atoms with Crippen LogP contribution in [0, 0.1) is 0 Å². The van der Waals surface area contributed by atoms with Crippen LogP contribution in [0.25, 0.3) is 92.2 Å². The Kier molecular flexibility index (Phi) is 6.44. The van der Waals surface area contributed by atoms with Gasteiger partial charge >= 0.3 is 0 Å². The Bertz CT molecular complexity index is 3450. The number of para-hydroxylation sites is 2. The summed E-state index contributed by atoms with van der Waals surface area (Å²) in [6, 6.07) is 62.0. The first-order valence-corrected chi connectivity index (χ1v) is 19.2. The lowest BCUT2D eigenvalue weighted by Gasteiger charge is -2.27. The Morgan fingerprint density at radius 2 is 1.20 bits per heavy atom. The van der Waals surface area contributed by atoms with Gasteiger partial charge in [0, 0.05) is 59.3 Å². The van der Waals surface area contributed by atoms with Crippen molar-refractivity contribution in [3.8, 4) is 17.1 Å². The molecule has 4 heterocycles. The molecule has 0 amide bonds. The minimum atomic E-state index is 0.596. The molecular weight excluding hydrogens is 695 g/mol. The van der Waals surface area contributed by atoms with Gasteiger partial charge in [0.2, 0.25) is 5.89 Å². The molecule has 0 saturated heterocycles. The molecule has 12 aromatic rings. The van der Waals surface area contributed by atoms with Crippen LogP contribution in [-0.4, -0.2) is 9.55 Å². The first kappa shape index (κ1) is 30.3. The van der Waals surface area contributed by atoms with Crippen LogP contribution in [-0.2, 0) is 0 Å². The molecule has 4 aromatic heterocycles. The van der Waals surface area contributed by atoms with Gasteiger partial charge in [-0.3, -0.25) is 0 Å². The number of oxazole rings is 1. The fraction of sp³-hybridized carbons (Fsp3) is 0. The Labute approximate surface area is 318 Å². The second-order valence-electron chi connectivity index (χ2n) is 13.9. The third kappa shape index (κ3) is 4.49. The van der Waals surface area contributed by atoms with Crippen LogP contribution in [0.5, 0.6) is 0 Å². The van der Waals surface area contributed by atoms with Crippen molar-refractivity contribution in [2.24, 2.45) is 0 Å². The van der Waals surface area contributed by atoms with Crippen LogP contribution in [0.3, 0.4) is 0 Å². The highest BCUT2D eigenvalue weighted by atomic mass is 32.1. The van der Waals surface area contributed by atoms with Gasteiger partial charge < -0.3 is 18.3 Å². The molecule has 0 unspecified atom stereocenters. The predicted octanol–water partition coefficient (Wildman–Crippen LogP) is 14.3. The van der Waals surface area contributed by atoms with E-state index < -0.39 is 0 Å². The van der Waals surface area contributed by atoms with E-state index in [1.165, 1.54) is 30.9 Å². The van der Waals surface area contributed by atoms with Crippen molar-refractivity contribution in [2.45, 2.75) is 0 Å². The van der Waals surface area contributed by atoms with Crippen molar-refractivity contribution < 1.29 is 8.83 Å². The molecule has 0 spiro atoms. The minimum absolute atomic E-state index is 0.596. The molecule has 0 bridgehead atoms. The van der Waals surface area contributed by atoms with Gasteiger partial charge in [0.1, 0.15) is 16.7 Å². The van der Waals surface area contributed by atoms with Crippen molar-refractivity contribution in [2.75, 3.05) is 4.90 Å². The fourth-order valence-electron chi connectivity index (χ4n) is 8.47. The summed E-state index contributed by atoms with van der Waals surface area (Å²) in [4.78, 5) is 7.28. The summed E-state index contributed by atoms with van der Waals surface area (Å²) in [6.07, 6.45) is 0. The molecule has 5 nitrogen and oxygen atoms in total. The number of anilines is 3. The first-order chi connectivity index (χ1) is 27.3. The van der Waals surface area contributed by atoms with Gasteiger partial charge in [0.05, 0.1) is 27.8 Å². The Balaban J connectivity index is 1.15. The minimum Gasteiger partial charge on any atom is -0.456 e. The maximum atomic E-state index is 6.68. The number of nitrogens with zero attached hydrogens (tertiary/aromatic N) is 3. The van der Waals surface area contributed by atoms with Gasteiger partial charge in [-0.2, -0.15) is 0 Å². The number of aromatic nitrogens is 2. The lowest BCUT2D eigenvalue weighted by molar-refractivity contribution is 0.622. The summed E-state index contributed by atoms with van der Waals surface area (Å²) in [5.41, 5.74) is 10.6. The maximum absolute atomic E-state index is 6.68. The average Bonchev–Trinajstić information content (AvgIpc) is 4.02. The van der Waals surface area contributed by atoms with E-state index in [4.69, 9.17) is 13.8 Å². The zero-order chi connectivity index (χ0) is 36.0. The SMILES string of the molecule is c1ccc(-c2nc3ccc4oc5cc(N(c6cccc7sc8ccccc8c67)c6cccc7c6c6ccccc6n7-c6ccccc6)ccc5c4c3o2)cc1. The number of hydrogen-bond donors (Lipinski definition) is 0. The van der Waals surface area contributed by atoms with Gasteiger partial charge in [-0.05, 0) is 84.9 Å². The van der Waals surface area contributed by atoms with Crippen LogP contribution in [0.15, 0.2) is 185 Å². The van der Waals surface area contributed by atoms with E-state index in [9.17, 15) is 0 Å². The number of hydrogen-bond acceptors (Lipinski definition) is 5. The zero-order valence-electron chi connectivity index (χ0n) is 29.3. The lowest BCUT2D eigenvalue weighted by Crippen LogP contribution is -2.10. The number of thiophene rings is 1. The molecule has 0 aliphatic heterocycles. The van der Waals surface area contributed by atoms with E-state index in [1.807, 2.05) is 53.8 Å². The smallest absolute Gasteiger partial charge is 0.227 e. The highest BCUT2D eigenvalue weighted by molar-refractivity contribution is 7.26. The Morgan fingerprint density at radius 3 is 2.07 bits per heavy atom. The molecule has 0 saturated carbocycles. The van der Waals surface area contributed by atoms with E-state index in [0.29, 0.717) is 5.89 Å². The highest BCUT2D eigenvalue weighted by Gasteiger charge is 2.25. The first-order valence-electron chi connectivity index (χ1n) is 18.4. The molecule has 0 radical (unpaired) electrons. The van der Waals surface area contributed by atoms with E-state index in [0.717, 1.165) is 72.4 Å². The Hall–Kier alpha value is -7.15. The molecule has 0 aliphatic rings. The van der Waals surface area contributed by atoms with Gasteiger partial charge in [-0.15, -0.1) is 11.3 Å². The third-order valence-corrected chi connectivity index (χ3v) is 11.9. The van der Waals surface area contributed by atoms with E-state index in [-0.39, 0.29) is 0 Å². The standard InChI is InChI=1S/C49H29N3O2S/c1-3-13-30(14-4-1)49-50-36-27-28-41-47(48(36)54-49)34-26-25-32(29-42(34)53-41)52(40-22-12-24-44-46(40)35-18-8-10-23-43(35)55-44)39-21-11-20-38-45(39)33-17-7-9-19-37(33)51(38)31-15-5-2-6-16-31/h1-29H. The second-order valence-corrected chi connectivity index (χ2v) is 15.0. The maximum Gasteiger partial charge on any atom is 0.227 e. The van der Waals surface area contributed by atoms with Crippen LogP contribution in [0.4, 0.5) is 17.1 Å². The fourth-order valence-corrected chi connectivity index (χ4v) is 9.60. The molecule has 0 fully saturated rings. The normalized spacial score (nSPS) is 12.0. The third-order valence-electron chi connectivity index (χ3n) is 10.8. The zero-order valence-corrected chi connectivity index (χ0v) is 30.1. The summed E-state index contributed by atoms with van der Waals surface area (Å²) < 4.78 is 18.0. The van der Waals surface area contributed by atoms with Crippen LogP contribution in [0.2, 0.25) is 0 Å². The van der Waals surface area contributed by atoms with Crippen molar-refractivity contribution in [1.29, 1.82) is 0 Å². The van der Waals surface area contributed by atoms with Crippen molar-refractivity contribution >= 4 is 103 Å². The summed E-state index contributed by atoms with van der Waals surface area (Å²) in [6.45, 7) is 0. The largest absolute Gasteiger partial charge is 0.456 e. The molecule has 12 rings (SSSR count). The number of benzene rings is 8. The van der Waals surface area contributed by atoms with Crippen molar-refractivity contribution in [3.63, 3.8) is 0 Å². The average molecular weight is 724 g/mol. The number of furan rings is 1. The van der Waals surface area contributed by atoms with Gasteiger partial charge in [0.15, 0.2) is 5.58 Å². The number of rotatable bonds is 5. The molecule has 0 N–H and O–H groups in total. The van der Waals surface area contributed by atoms with Crippen LogP contribution < -0.4 is 4.90 Å². The van der Waals surface area contributed by atoms with E-state index in [1.54, 1.807) is 0 Å². The van der Waals surface area contributed by atoms with Gasteiger partial charge in [-0.1, -0.05) is 84.9 Å². The quantitative estimate of drug-likeness (QED) is 0.177. The van der Waals surface area contributed by atoms with E-state index >= 15 is 0 Å². The lowest BCUT2D eigenvalue weighted by atomic mass is 10.0. The Morgan fingerprint density at radius 1 is 0.491 bits per heavy atom. The molecule has 55 heavy (non-hydrogen) atoms. The monoisotopic (exact) mass is 723 g/mol. The van der Waals surface area contributed by atoms with Crippen LogP contribution >= 0.6 is 11.3 Å². The molecule has 6 heteroatoms. The van der Waals surface area contributed by atoms with Crippen LogP contribution in [0.1, 0.15) is 0 Å². The summed E-state index contributed by atoms with van der Waals surface area (Å²) in [7, 11) is 0. The second kappa shape index (κ2) is 11.7. The summed E-state index contributed by atoms with van der Waals surface area (Å²) in [5, 5.41) is 6.76. The number of fused-ring (bicyclic) bond motifs is 11. The highest BCUT2D eigenvalue weighted by Crippen LogP contribution is 2.49. The summed E-state index contributed by atoms with van der Waals surface area (Å²) in [5.74, 6) is 0.596.